The second kappa shape index (κ2) is 9.29. The topological polar surface area (TPSA) is 90.4 Å². The summed E-state index contributed by atoms with van der Waals surface area (Å²) in [6, 6.07) is 20.4. The van der Waals surface area contributed by atoms with Gasteiger partial charge in [0.2, 0.25) is 0 Å². The molecule has 178 valence electrons. The molecule has 8 heteroatoms. The molecule has 1 fully saturated rings. The van der Waals surface area contributed by atoms with E-state index in [0.717, 1.165) is 10.4 Å². The minimum absolute atomic E-state index is 0.0418. The fourth-order valence-electron chi connectivity index (χ4n) is 4.68. The van der Waals surface area contributed by atoms with Crippen molar-refractivity contribution in [2.24, 2.45) is 0 Å². The van der Waals surface area contributed by atoms with E-state index in [2.05, 4.69) is 50.0 Å². The highest BCUT2D eigenvalue weighted by atomic mass is 28.4. The summed E-state index contributed by atoms with van der Waals surface area (Å²) < 4.78 is 14.1. The maximum atomic E-state index is 12.9. The number of ketones is 1. The molecular formula is C26H30N2O5Si. The number of nitrogens with zero attached hydrogens (tertiary/aromatic N) is 1. The van der Waals surface area contributed by atoms with E-state index in [1.807, 2.05) is 36.4 Å². The summed E-state index contributed by atoms with van der Waals surface area (Å²) in [4.78, 5) is 39.2. The van der Waals surface area contributed by atoms with Gasteiger partial charge in [0.1, 0.15) is 12.3 Å². The van der Waals surface area contributed by atoms with Gasteiger partial charge < -0.3 is 9.16 Å². The average Bonchev–Trinajstić information content (AvgIpc) is 3.17. The number of aryl methyl sites for hydroxylation is 1. The first-order valence-corrected chi connectivity index (χ1v) is 13.3. The number of hydrogen-bond acceptors (Lipinski definition) is 5. The molecule has 1 aromatic heterocycles. The van der Waals surface area contributed by atoms with E-state index in [1.54, 1.807) is 6.92 Å². The van der Waals surface area contributed by atoms with Gasteiger partial charge in [0.05, 0.1) is 13.0 Å². The van der Waals surface area contributed by atoms with Crippen molar-refractivity contribution in [2.75, 3.05) is 6.61 Å². The number of rotatable bonds is 6. The summed E-state index contributed by atoms with van der Waals surface area (Å²) in [6.07, 6.45) is -0.0981. The maximum Gasteiger partial charge on any atom is 0.330 e. The Kier molecular flexibility index (Phi) is 6.57. The lowest BCUT2D eigenvalue weighted by Gasteiger charge is -2.43. The SMILES string of the molecule is Cc1cn([C@H]2CC(=O)[C@@H](CO[Si](c3ccccc3)(c3ccccc3)C(C)(C)C)O2)c(=O)[nH]c1=O. The third kappa shape index (κ3) is 4.36. The summed E-state index contributed by atoms with van der Waals surface area (Å²) in [5, 5.41) is 2.00. The number of benzene rings is 2. The summed E-state index contributed by atoms with van der Waals surface area (Å²) in [5.41, 5.74) is -0.665. The van der Waals surface area contributed by atoms with Crippen molar-refractivity contribution in [3.8, 4) is 0 Å². The van der Waals surface area contributed by atoms with Gasteiger partial charge >= 0.3 is 5.69 Å². The Labute approximate surface area is 199 Å². The molecule has 0 radical (unpaired) electrons. The molecule has 0 bridgehead atoms. The van der Waals surface area contributed by atoms with E-state index in [1.165, 1.54) is 10.8 Å². The standard InChI is InChI=1S/C26H30N2O5Si/c1-18-16-28(25(31)27-24(18)30)23-15-21(29)22(33-23)17-32-34(26(2,3)4,19-11-7-5-8-12-19)20-13-9-6-10-14-20/h5-14,16,22-23H,15,17H2,1-4H3,(H,27,30,31)/t22-,23-/m1/s1. The van der Waals surface area contributed by atoms with Crippen LogP contribution in [0.15, 0.2) is 76.4 Å². The van der Waals surface area contributed by atoms with Crippen LogP contribution in [0.1, 0.15) is 39.0 Å². The van der Waals surface area contributed by atoms with Gasteiger partial charge in [-0.1, -0.05) is 81.4 Å². The monoisotopic (exact) mass is 478 g/mol. The molecule has 3 aromatic rings. The molecule has 1 aliphatic heterocycles. The smallest absolute Gasteiger partial charge is 0.330 e. The van der Waals surface area contributed by atoms with Crippen LogP contribution in [-0.4, -0.2) is 36.4 Å². The van der Waals surface area contributed by atoms with Crippen LogP contribution >= 0.6 is 0 Å². The van der Waals surface area contributed by atoms with E-state index >= 15 is 0 Å². The van der Waals surface area contributed by atoms with E-state index in [4.69, 9.17) is 9.16 Å². The summed E-state index contributed by atoms with van der Waals surface area (Å²) in [7, 11) is -2.82. The molecule has 2 heterocycles. The summed E-state index contributed by atoms with van der Waals surface area (Å²) >= 11 is 0. The Balaban J connectivity index is 1.66. The highest BCUT2D eigenvalue weighted by Crippen LogP contribution is 2.37. The highest BCUT2D eigenvalue weighted by molar-refractivity contribution is 6.99. The number of H-pyrrole nitrogens is 1. The van der Waals surface area contributed by atoms with Crippen molar-refractivity contribution in [2.45, 2.75) is 51.5 Å². The first kappa shape index (κ1) is 24.1. The molecule has 1 aliphatic rings. The minimum Gasteiger partial charge on any atom is -0.404 e. The molecule has 2 atom stereocenters. The predicted octanol–water partition coefficient (Wildman–Crippen LogP) is 2.28. The third-order valence-corrected chi connectivity index (χ3v) is 11.4. The molecule has 2 aromatic carbocycles. The minimum atomic E-state index is -2.82. The van der Waals surface area contributed by atoms with Crippen molar-refractivity contribution in [3.63, 3.8) is 0 Å². The quantitative estimate of drug-likeness (QED) is 0.549. The summed E-state index contributed by atoms with van der Waals surface area (Å²) in [5.74, 6) is -0.126. The summed E-state index contributed by atoms with van der Waals surface area (Å²) in [6.45, 7) is 8.20. The fraction of sp³-hybridized carbons (Fsp3) is 0.346. The zero-order valence-corrected chi connectivity index (χ0v) is 20.9. The molecule has 7 nitrogen and oxygen atoms in total. The van der Waals surface area contributed by atoms with Crippen LogP contribution < -0.4 is 21.6 Å². The maximum absolute atomic E-state index is 12.9. The van der Waals surface area contributed by atoms with Crippen molar-refractivity contribution >= 4 is 24.5 Å². The van der Waals surface area contributed by atoms with Crippen LogP contribution in [0.25, 0.3) is 0 Å². The van der Waals surface area contributed by atoms with Crippen LogP contribution in [0.2, 0.25) is 5.04 Å². The zero-order valence-electron chi connectivity index (χ0n) is 19.9. The average molecular weight is 479 g/mol. The largest absolute Gasteiger partial charge is 0.404 e. The number of ether oxygens (including phenoxy) is 1. The number of hydrogen-bond donors (Lipinski definition) is 1. The molecule has 0 spiro atoms. The Hall–Kier alpha value is -3.07. The fourth-order valence-corrected chi connectivity index (χ4v) is 9.23. The Morgan fingerprint density at radius 2 is 1.56 bits per heavy atom. The van der Waals surface area contributed by atoms with Crippen LogP contribution in [0.4, 0.5) is 0 Å². The van der Waals surface area contributed by atoms with E-state index < -0.39 is 31.9 Å². The van der Waals surface area contributed by atoms with Crippen molar-refractivity contribution < 1.29 is 14.0 Å². The van der Waals surface area contributed by atoms with E-state index in [9.17, 15) is 14.4 Å². The third-order valence-electron chi connectivity index (χ3n) is 6.38. The molecule has 0 saturated carbocycles. The molecule has 1 N–H and O–H groups in total. The molecular weight excluding hydrogens is 448 g/mol. The highest BCUT2D eigenvalue weighted by Gasteiger charge is 2.51. The van der Waals surface area contributed by atoms with Crippen LogP contribution in [0.3, 0.4) is 0 Å². The number of nitrogens with one attached hydrogen (secondary N) is 1. The van der Waals surface area contributed by atoms with Crippen LogP contribution in [-0.2, 0) is 14.0 Å². The first-order chi connectivity index (χ1) is 16.1. The second-order valence-corrected chi connectivity index (χ2v) is 14.0. The van der Waals surface area contributed by atoms with Gasteiger partial charge in [-0.05, 0) is 22.3 Å². The van der Waals surface area contributed by atoms with Gasteiger partial charge in [-0.2, -0.15) is 0 Å². The number of carbonyl (C=O) groups is 1. The Morgan fingerprint density at radius 1 is 1.00 bits per heavy atom. The lowest BCUT2D eigenvalue weighted by atomic mass is 10.2. The van der Waals surface area contributed by atoms with E-state index in [-0.39, 0.29) is 23.8 Å². The van der Waals surface area contributed by atoms with Gasteiger partial charge in [-0.25, -0.2) is 4.79 Å². The molecule has 0 amide bonds. The normalized spacial score (nSPS) is 18.9. The molecule has 4 rings (SSSR count). The lowest BCUT2D eigenvalue weighted by molar-refractivity contribution is -0.124. The van der Waals surface area contributed by atoms with E-state index in [0.29, 0.717) is 5.56 Å². The number of aromatic amines is 1. The molecule has 0 aliphatic carbocycles. The number of aromatic nitrogens is 2. The first-order valence-electron chi connectivity index (χ1n) is 11.4. The van der Waals surface area contributed by atoms with Gasteiger partial charge in [0, 0.05) is 11.8 Å². The second-order valence-electron chi connectivity index (χ2n) is 9.70. The molecule has 34 heavy (non-hydrogen) atoms. The van der Waals surface area contributed by atoms with Crippen LogP contribution in [0.5, 0.6) is 0 Å². The van der Waals surface area contributed by atoms with Gasteiger partial charge in [-0.3, -0.25) is 19.1 Å². The van der Waals surface area contributed by atoms with Crippen LogP contribution in [0, 0.1) is 6.92 Å². The Morgan fingerprint density at radius 3 is 2.09 bits per heavy atom. The number of carbonyl (C=O) groups excluding carboxylic acids is 1. The van der Waals surface area contributed by atoms with Gasteiger partial charge in [-0.15, -0.1) is 0 Å². The van der Waals surface area contributed by atoms with Gasteiger partial charge in [0.25, 0.3) is 13.9 Å². The van der Waals surface area contributed by atoms with Crippen molar-refractivity contribution in [1.29, 1.82) is 0 Å². The van der Waals surface area contributed by atoms with Gasteiger partial charge in [0.15, 0.2) is 5.78 Å². The Bertz CT molecular complexity index is 1240. The lowest BCUT2D eigenvalue weighted by Crippen LogP contribution is -2.67. The molecule has 1 saturated heterocycles. The van der Waals surface area contributed by atoms with Crippen molar-refractivity contribution in [1.82, 2.24) is 9.55 Å². The van der Waals surface area contributed by atoms with Crippen molar-refractivity contribution in [3.05, 3.63) is 93.3 Å². The number of Topliss-reactive ketones (excluding diaryl/α,β-unsaturated/α-hetero) is 1. The predicted molar refractivity (Wildman–Crippen MR) is 133 cm³/mol. The zero-order chi connectivity index (χ0) is 24.5. The molecule has 0 unspecified atom stereocenters.